The molecule has 406 valence electrons. The number of methoxy groups -OCH3 is 2. The zero-order valence-electron chi connectivity index (χ0n) is 43.0. The van der Waals surface area contributed by atoms with Crippen molar-refractivity contribution in [3.63, 3.8) is 0 Å². The Morgan fingerprint density at radius 3 is 1.54 bits per heavy atom. The third-order valence-corrected chi connectivity index (χ3v) is 15.4. The van der Waals surface area contributed by atoms with E-state index in [9.17, 15) is 28.8 Å². The summed E-state index contributed by atoms with van der Waals surface area (Å²) in [6, 6.07) is 26.0. The minimum absolute atomic E-state index is 0.143. The molecule has 26 heteroatoms. The number of carbonyl (C=O) groups is 3. The number of halogens is 1. The summed E-state index contributed by atoms with van der Waals surface area (Å²) in [5, 5.41) is 14.4. The molecule has 10 rings (SSSR count). The van der Waals surface area contributed by atoms with E-state index in [0.717, 1.165) is 62.4 Å². The van der Waals surface area contributed by atoms with Crippen LogP contribution in [0.5, 0.6) is 0 Å². The van der Waals surface area contributed by atoms with Crippen molar-refractivity contribution in [3.8, 4) is 17.1 Å². The number of ether oxygens (including phenoxy) is 3. The number of esters is 2. The number of fused-ring (bicyclic) bond motifs is 3. The van der Waals surface area contributed by atoms with Gasteiger partial charge in [0, 0.05) is 24.5 Å². The van der Waals surface area contributed by atoms with Gasteiger partial charge in [-0.3, -0.25) is 33.7 Å². The number of morpholine rings is 1. The highest BCUT2D eigenvalue weighted by molar-refractivity contribution is 8.00. The Kier molecular flexibility index (Phi) is 19.5. The maximum atomic E-state index is 12.6. The quantitative estimate of drug-likeness (QED) is 0.0478. The van der Waals surface area contributed by atoms with Gasteiger partial charge >= 0.3 is 11.9 Å². The van der Waals surface area contributed by atoms with Crippen LogP contribution in [0.4, 0.5) is 0 Å². The van der Waals surface area contributed by atoms with Gasteiger partial charge in [0.2, 0.25) is 0 Å². The summed E-state index contributed by atoms with van der Waals surface area (Å²) < 4.78 is 19.6. The smallest absolute Gasteiger partial charge is 0.319 e. The molecule has 3 unspecified atom stereocenters. The molecule has 1 aliphatic heterocycles. The molecule has 0 aliphatic carbocycles. The number of benzene rings is 3. The summed E-state index contributed by atoms with van der Waals surface area (Å²) in [7, 11) is 2.67. The van der Waals surface area contributed by atoms with Crippen LogP contribution >= 0.6 is 46.9 Å². The second kappa shape index (κ2) is 26.8. The van der Waals surface area contributed by atoms with Crippen LogP contribution in [-0.2, 0) is 28.6 Å². The molecule has 0 amide bonds. The number of aromatic nitrogens is 12. The van der Waals surface area contributed by atoms with Crippen LogP contribution in [0.2, 0.25) is 5.02 Å². The fraction of sp³-hybridized carbons (Fsp3) is 0.308. The average molecular weight is 1140 g/mol. The van der Waals surface area contributed by atoms with Gasteiger partial charge in [-0.25, -0.2) is 29.0 Å². The number of nitrogens with zero attached hydrogens (tertiary/aromatic N) is 10. The first-order valence-corrected chi connectivity index (χ1v) is 27.6. The largest absolute Gasteiger partial charge is 0.468 e. The second-order valence-electron chi connectivity index (χ2n) is 17.3. The summed E-state index contributed by atoms with van der Waals surface area (Å²) in [5.41, 5.74) is 2.78. The molecule has 0 saturated carbocycles. The Bertz CT molecular complexity index is 3710. The predicted molar refractivity (Wildman–Crippen MR) is 300 cm³/mol. The van der Waals surface area contributed by atoms with Gasteiger partial charge in [0.1, 0.15) is 32.4 Å². The van der Waals surface area contributed by atoms with Crippen molar-refractivity contribution in [2.75, 3.05) is 47.1 Å². The molecule has 1 aliphatic rings. The Labute approximate surface area is 463 Å². The fourth-order valence-corrected chi connectivity index (χ4v) is 10.7. The first-order valence-electron chi connectivity index (χ1n) is 24.5. The van der Waals surface area contributed by atoms with Crippen LogP contribution in [0, 0.1) is 0 Å². The molecule has 3 N–H and O–H groups in total. The zero-order chi connectivity index (χ0) is 55.3. The van der Waals surface area contributed by atoms with Crippen LogP contribution in [0.25, 0.3) is 50.2 Å². The van der Waals surface area contributed by atoms with Gasteiger partial charge in [-0.2, -0.15) is 15.3 Å². The number of hydrogen-bond acceptors (Lipinski definition) is 19. The number of ketones is 1. The third-order valence-electron chi connectivity index (χ3n) is 12.0. The van der Waals surface area contributed by atoms with Crippen LogP contribution < -0.4 is 16.7 Å². The molecule has 9 aromatic rings. The average Bonchev–Trinajstić information content (AvgIpc) is 4.26. The van der Waals surface area contributed by atoms with E-state index in [1.807, 2.05) is 86.6 Å². The van der Waals surface area contributed by atoms with Crippen LogP contribution in [0.3, 0.4) is 0 Å². The van der Waals surface area contributed by atoms with Gasteiger partial charge in [-0.1, -0.05) is 96.3 Å². The molecule has 7 heterocycles. The van der Waals surface area contributed by atoms with Crippen molar-refractivity contribution in [2.24, 2.45) is 0 Å². The highest BCUT2D eigenvalue weighted by atomic mass is 35.5. The van der Waals surface area contributed by atoms with E-state index >= 15 is 0 Å². The lowest BCUT2D eigenvalue weighted by atomic mass is 10.1. The summed E-state index contributed by atoms with van der Waals surface area (Å²) in [4.78, 5) is 96.8. The highest BCUT2D eigenvalue weighted by Gasteiger charge is 2.23. The summed E-state index contributed by atoms with van der Waals surface area (Å²) in [5.74, 6) is -0.583. The monoisotopic (exact) mass is 1140 g/mol. The van der Waals surface area contributed by atoms with Crippen molar-refractivity contribution in [1.29, 1.82) is 0 Å². The van der Waals surface area contributed by atoms with E-state index in [2.05, 4.69) is 54.8 Å². The molecule has 0 radical (unpaired) electrons. The van der Waals surface area contributed by atoms with E-state index in [4.69, 9.17) is 21.1 Å². The highest BCUT2D eigenvalue weighted by Crippen LogP contribution is 2.27. The minimum atomic E-state index is -0.478. The molecule has 22 nitrogen and oxygen atoms in total. The van der Waals surface area contributed by atoms with E-state index in [1.54, 1.807) is 33.1 Å². The topological polar surface area (TPSA) is 273 Å². The van der Waals surface area contributed by atoms with E-state index in [1.165, 1.54) is 56.3 Å². The van der Waals surface area contributed by atoms with Crippen molar-refractivity contribution in [3.05, 3.63) is 140 Å². The molecule has 6 aromatic heterocycles. The van der Waals surface area contributed by atoms with Crippen LogP contribution in [-0.4, -0.2) is 145 Å². The van der Waals surface area contributed by atoms with Crippen LogP contribution in [0.1, 0.15) is 40.0 Å². The van der Waals surface area contributed by atoms with Gasteiger partial charge in [0.05, 0.1) is 68.3 Å². The number of para-hydroxylation sites is 2. The number of thioether (sulfide) groups is 3. The molecule has 0 bridgehead atoms. The number of hydrogen-bond donors (Lipinski definition) is 3. The number of Topliss-reactive ketones (excluding diaryl/α,β-unsaturated/α-hetero) is 1. The SMILES string of the molecule is CC(Sc1nc2c(cnn2-c2cccc(Cl)c2)c(=O)[nH]1)C(=O)CCCN1CCOCC1.CCC(Sc1nc2c(cnn2-c2ccccc2)c(=O)[nH]1)C(=O)OC.COC(=O)C(C)Sc1nc2c(cnn2-c2ccccc2)c(=O)[nH]1. The van der Waals surface area contributed by atoms with Crippen molar-refractivity contribution in [1.82, 2.24) is 64.1 Å². The number of carbonyl (C=O) groups excluding carboxylic acids is 3. The maximum Gasteiger partial charge on any atom is 0.319 e. The predicted octanol–water partition coefficient (Wildman–Crippen LogP) is 6.84. The minimum Gasteiger partial charge on any atom is -0.468 e. The maximum absolute atomic E-state index is 12.6. The number of nitrogens with one attached hydrogen (secondary N) is 3. The first kappa shape index (κ1) is 56.8. The summed E-state index contributed by atoms with van der Waals surface area (Å²) in [6.45, 7) is 9.66. The van der Waals surface area contributed by atoms with Gasteiger partial charge in [0.25, 0.3) is 16.7 Å². The number of rotatable bonds is 17. The second-order valence-corrected chi connectivity index (χ2v) is 21.5. The molecular weight excluding hydrogens is 1080 g/mol. The fourth-order valence-electron chi connectivity index (χ4n) is 7.86. The number of aromatic amines is 3. The standard InChI is InChI=1S/C21H24ClN5O3S.C16H16N4O3S.C15H14N4O3S/c1-14(18(28)6-3-7-26-8-10-30-11-9-26)31-21-24-19-17(20(29)25-21)13-23-27(19)16-5-2-4-15(22)12-16;1-3-12(15(22)23-2)24-16-18-13-11(14(21)19-16)9-17-20(13)10-7-5-4-6-8-10;1-9(14(21)22-2)23-15-17-12-11(13(20)18-15)8-16-19(12)10-6-4-3-5-7-10/h2,4-5,12-14H,3,6-11H2,1H3,(H,24,25,29);4-9,12H,3H2,1-2H3,(H,18,19,21);3-9H,1-2H3,(H,17,18,20). The zero-order valence-corrected chi connectivity index (χ0v) is 46.2. The molecule has 0 spiro atoms. The Morgan fingerprint density at radius 2 is 1.08 bits per heavy atom. The molecular formula is C52H54ClN13O9S3. The molecule has 3 atom stereocenters. The Hall–Kier alpha value is -7.42. The lowest BCUT2D eigenvalue weighted by molar-refractivity contribution is -0.140. The first-order chi connectivity index (χ1) is 37.7. The summed E-state index contributed by atoms with van der Waals surface area (Å²) in [6.07, 6.45) is 6.33. The van der Waals surface area contributed by atoms with E-state index in [0.29, 0.717) is 72.1 Å². The normalized spacial score (nSPS) is 13.7. The van der Waals surface area contributed by atoms with Crippen molar-refractivity contribution in [2.45, 2.75) is 71.3 Å². The van der Waals surface area contributed by atoms with Crippen molar-refractivity contribution >= 4 is 97.7 Å². The lowest BCUT2D eigenvalue weighted by Gasteiger charge is -2.26. The van der Waals surface area contributed by atoms with Crippen LogP contribution in [0.15, 0.2) is 133 Å². The molecule has 78 heavy (non-hydrogen) atoms. The van der Waals surface area contributed by atoms with Gasteiger partial charge in [-0.05, 0) is 75.7 Å². The summed E-state index contributed by atoms with van der Waals surface area (Å²) >= 11 is 9.66. The Morgan fingerprint density at radius 1 is 0.628 bits per heavy atom. The number of H-pyrrole nitrogens is 3. The van der Waals surface area contributed by atoms with E-state index < -0.39 is 10.5 Å². The van der Waals surface area contributed by atoms with E-state index in [-0.39, 0.29) is 39.6 Å². The van der Waals surface area contributed by atoms with Gasteiger partial charge in [-0.15, -0.1) is 0 Å². The molecule has 1 fully saturated rings. The van der Waals surface area contributed by atoms with Gasteiger partial charge in [0.15, 0.2) is 32.4 Å². The Balaban J connectivity index is 0.000000157. The lowest BCUT2D eigenvalue weighted by Crippen LogP contribution is -2.37. The third kappa shape index (κ3) is 14.0. The molecule has 3 aromatic carbocycles. The van der Waals surface area contributed by atoms with Crippen molar-refractivity contribution < 1.29 is 28.6 Å². The molecule has 1 saturated heterocycles. The van der Waals surface area contributed by atoms with Gasteiger partial charge < -0.3 is 29.2 Å².